The van der Waals surface area contributed by atoms with E-state index < -0.39 is 12.0 Å². The molecule has 112 valence electrons. The van der Waals surface area contributed by atoms with Crippen LogP contribution in [0.4, 0.5) is 0 Å². The first-order valence-electron chi connectivity index (χ1n) is 7.53. The van der Waals surface area contributed by atoms with Crippen LogP contribution in [0.2, 0.25) is 0 Å². The fourth-order valence-electron chi connectivity index (χ4n) is 2.79. The molecule has 0 bridgehead atoms. The van der Waals surface area contributed by atoms with E-state index in [0.29, 0.717) is 12.0 Å². The molecule has 4 nitrogen and oxygen atoms in total. The van der Waals surface area contributed by atoms with Crippen LogP contribution in [0.5, 0.6) is 0 Å². The smallest absolute Gasteiger partial charge is 0.322 e. The van der Waals surface area contributed by atoms with Gasteiger partial charge in [-0.3, -0.25) is 4.79 Å². The van der Waals surface area contributed by atoms with Gasteiger partial charge in [-0.25, -0.2) is 0 Å². The van der Waals surface area contributed by atoms with Crippen LogP contribution in [0.15, 0.2) is 0 Å². The minimum Gasteiger partial charge on any atom is -0.480 e. The number of hydrogen-bond acceptors (Lipinski definition) is 3. The molecule has 0 radical (unpaired) electrons. The van der Waals surface area contributed by atoms with Gasteiger partial charge >= 0.3 is 5.97 Å². The summed E-state index contributed by atoms with van der Waals surface area (Å²) in [4.78, 5) is 13.5. The lowest BCUT2D eigenvalue weighted by atomic mass is 9.75. The van der Waals surface area contributed by atoms with Gasteiger partial charge in [0.15, 0.2) is 0 Å². The van der Waals surface area contributed by atoms with Crippen molar-refractivity contribution in [3.63, 3.8) is 0 Å². The number of nitrogens with zero attached hydrogens (tertiary/aromatic N) is 1. The van der Waals surface area contributed by atoms with Gasteiger partial charge in [0.1, 0.15) is 6.04 Å². The van der Waals surface area contributed by atoms with Crippen LogP contribution in [0.3, 0.4) is 0 Å². The number of carboxylic acid groups (broad SMARTS) is 1. The second-order valence-corrected chi connectivity index (χ2v) is 6.79. The second kappa shape index (κ2) is 7.25. The van der Waals surface area contributed by atoms with Gasteiger partial charge in [0.25, 0.3) is 0 Å². The highest BCUT2D eigenvalue weighted by Gasteiger charge is 2.30. The molecular weight excluding hydrogens is 240 g/mol. The summed E-state index contributed by atoms with van der Waals surface area (Å²) < 4.78 is 0. The summed E-state index contributed by atoms with van der Waals surface area (Å²) in [6, 6.07) is -0.425. The minimum atomic E-state index is -0.730. The van der Waals surface area contributed by atoms with Gasteiger partial charge in [0, 0.05) is 6.54 Å². The summed E-state index contributed by atoms with van der Waals surface area (Å²) in [6.07, 6.45) is 3.34. The van der Waals surface area contributed by atoms with Gasteiger partial charge in [-0.05, 0) is 50.2 Å². The van der Waals surface area contributed by atoms with Gasteiger partial charge in [0.05, 0.1) is 0 Å². The molecule has 1 atom stereocenters. The van der Waals surface area contributed by atoms with Crippen molar-refractivity contribution in [2.75, 3.05) is 26.2 Å². The van der Waals surface area contributed by atoms with E-state index in [0.717, 1.165) is 32.0 Å². The van der Waals surface area contributed by atoms with Crippen LogP contribution >= 0.6 is 0 Å². The van der Waals surface area contributed by atoms with Crippen molar-refractivity contribution in [3.8, 4) is 0 Å². The van der Waals surface area contributed by atoms with Crippen molar-refractivity contribution in [3.05, 3.63) is 0 Å². The molecule has 19 heavy (non-hydrogen) atoms. The highest BCUT2D eigenvalue weighted by molar-refractivity contribution is 5.73. The Labute approximate surface area is 117 Å². The average Bonchev–Trinajstić information content (AvgIpc) is 2.33. The van der Waals surface area contributed by atoms with E-state index in [4.69, 9.17) is 0 Å². The number of carbonyl (C=O) groups is 1. The highest BCUT2D eigenvalue weighted by Crippen LogP contribution is 2.34. The Morgan fingerprint density at radius 3 is 2.37 bits per heavy atom. The Morgan fingerprint density at radius 1 is 1.37 bits per heavy atom. The Balaban J connectivity index is 2.40. The summed E-state index contributed by atoms with van der Waals surface area (Å²) in [6.45, 7) is 12.4. The first kappa shape index (κ1) is 16.4. The standard InChI is InChI=1S/C15H30N2O2/c1-5-8-16-13(14(18)19)11-17-9-6-12(7-10-17)15(2,3)4/h12-13,16H,5-11H2,1-4H3,(H,18,19). The van der Waals surface area contributed by atoms with E-state index in [1.54, 1.807) is 0 Å². The zero-order valence-electron chi connectivity index (χ0n) is 12.9. The monoisotopic (exact) mass is 270 g/mol. The molecule has 1 unspecified atom stereocenters. The van der Waals surface area contributed by atoms with Crippen LogP contribution < -0.4 is 5.32 Å². The maximum atomic E-state index is 11.2. The van der Waals surface area contributed by atoms with Crippen molar-refractivity contribution in [2.45, 2.75) is 53.0 Å². The summed E-state index contributed by atoms with van der Waals surface area (Å²) in [7, 11) is 0. The van der Waals surface area contributed by atoms with E-state index in [1.807, 2.05) is 0 Å². The lowest BCUT2D eigenvalue weighted by Gasteiger charge is -2.39. The van der Waals surface area contributed by atoms with Crippen LogP contribution in [-0.2, 0) is 4.79 Å². The fourth-order valence-corrected chi connectivity index (χ4v) is 2.79. The fraction of sp³-hybridized carbons (Fsp3) is 0.933. The van der Waals surface area contributed by atoms with E-state index in [2.05, 4.69) is 37.9 Å². The molecule has 0 aromatic carbocycles. The molecule has 1 heterocycles. The molecule has 2 N–H and O–H groups in total. The molecular formula is C15H30N2O2. The lowest BCUT2D eigenvalue weighted by molar-refractivity contribution is -0.140. The van der Waals surface area contributed by atoms with E-state index >= 15 is 0 Å². The van der Waals surface area contributed by atoms with Crippen molar-refractivity contribution >= 4 is 5.97 Å². The molecule has 0 aliphatic carbocycles. The lowest BCUT2D eigenvalue weighted by Crippen LogP contribution is -2.49. The second-order valence-electron chi connectivity index (χ2n) is 6.79. The van der Waals surface area contributed by atoms with Gasteiger partial charge in [-0.2, -0.15) is 0 Å². The molecule has 1 aliphatic heterocycles. The number of hydrogen-bond donors (Lipinski definition) is 2. The molecule has 0 aromatic heterocycles. The first-order chi connectivity index (χ1) is 8.84. The van der Waals surface area contributed by atoms with E-state index in [9.17, 15) is 9.90 Å². The quantitative estimate of drug-likeness (QED) is 0.777. The predicted molar refractivity (Wildman–Crippen MR) is 78.3 cm³/mol. The first-order valence-corrected chi connectivity index (χ1v) is 7.53. The van der Waals surface area contributed by atoms with E-state index in [1.165, 1.54) is 12.8 Å². The zero-order chi connectivity index (χ0) is 14.5. The molecule has 0 aromatic rings. The van der Waals surface area contributed by atoms with Crippen LogP contribution in [0.25, 0.3) is 0 Å². The summed E-state index contributed by atoms with van der Waals surface area (Å²) in [5.41, 5.74) is 0.374. The summed E-state index contributed by atoms with van der Waals surface area (Å²) in [5, 5.41) is 12.3. The van der Waals surface area contributed by atoms with Gasteiger partial charge in [0.2, 0.25) is 0 Å². The maximum absolute atomic E-state index is 11.2. The summed E-state index contributed by atoms with van der Waals surface area (Å²) in [5.74, 6) is 0.0297. The molecule has 1 fully saturated rings. The largest absolute Gasteiger partial charge is 0.480 e. The zero-order valence-corrected chi connectivity index (χ0v) is 12.9. The number of aliphatic carboxylic acids is 1. The molecule has 1 aliphatic rings. The maximum Gasteiger partial charge on any atom is 0.322 e. The van der Waals surface area contributed by atoms with Gasteiger partial charge < -0.3 is 15.3 Å². The Morgan fingerprint density at radius 2 is 1.95 bits per heavy atom. The third kappa shape index (κ3) is 5.49. The SMILES string of the molecule is CCCNC(CN1CCC(C(C)(C)C)CC1)C(=O)O. The Kier molecular flexibility index (Phi) is 6.27. The Hall–Kier alpha value is -0.610. The molecule has 0 spiro atoms. The molecule has 0 amide bonds. The molecule has 1 rings (SSSR count). The summed E-state index contributed by atoms with van der Waals surface area (Å²) >= 11 is 0. The van der Waals surface area contributed by atoms with Crippen LogP contribution in [0, 0.1) is 11.3 Å². The predicted octanol–water partition coefficient (Wildman–Crippen LogP) is 2.20. The van der Waals surface area contributed by atoms with Gasteiger partial charge in [-0.1, -0.05) is 27.7 Å². The molecule has 1 saturated heterocycles. The average molecular weight is 270 g/mol. The highest BCUT2D eigenvalue weighted by atomic mass is 16.4. The van der Waals surface area contributed by atoms with Crippen molar-refractivity contribution in [1.82, 2.24) is 10.2 Å². The minimum absolute atomic E-state index is 0.374. The number of nitrogens with one attached hydrogen (secondary N) is 1. The van der Waals surface area contributed by atoms with Gasteiger partial charge in [-0.15, -0.1) is 0 Å². The topological polar surface area (TPSA) is 52.6 Å². The Bertz CT molecular complexity index is 278. The van der Waals surface area contributed by atoms with E-state index in [-0.39, 0.29) is 0 Å². The third-order valence-electron chi connectivity index (χ3n) is 4.19. The number of carboxylic acids is 1. The van der Waals surface area contributed by atoms with Crippen molar-refractivity contribution in [1.29, 1.82) is 0 Å². The molecule has 4 heteroatoms. The molecule has 0 saturated carbocycles. The number of piperidine rings is 1. The van der Waals surface area contributed by atoms with Crippen LogP contribution in [-0.4, -0.2) is 48.2 Å². The normalized spacial score (nSPS) is 20.4. The number of likely N-dealkylation sites (tertiary alicyclic amines) is 1. The van der Waals surface area contributed by atoms with Crippen molar-refractivity contribution in [2.24, 2.45) is 11.3 Å². The van der Waals surface area contributed by atoms with Crippen molar-refractivity contribution < 1.29 is 9.90 Å². The number of rotatable bonds is 6. The van der Waals surface area contributed by atoms with Crippen LogP contribution in [0.1, 0.15) is 47.0 Å². The third-order valence-corrected chi connectivity index (χ3v) is 4.19.